The largest absolute Gasteiger partial charge is 0.451 e. The van der Waals surface area contributed by atoms with E-state index in [9.17, 15) is 4.79 Å². The van der Waals surface area contributed by atoms with Crippen molar-refractivity contribution in [1.82, 2.24) is 25.1 Å². The zero-order valence-corrected chi connectivity index (χ0v) is 18.9. The van der Waals surface area contributed by atoms with Crippen LogP contribution in [0.5, 0.6) is 0 Å². The molecular formula is C23H18ClN5O2S. The number of carbonyl (C=O) groups excluding carboxylic acids is 1. The molecule has 0 fully saturated rings. The molecule has 2 aromatic carbocycles. The molecule has 160 valence electrons. The third-order valence-electron chi connectivity index (χ3n) is 5.09. The number of benzene rings is 2. The number of fused-ring (bicyclic) bond motifs is 1. The molecule has 5 rings (SSSR count). The first-order valence-electron chi connectivity index (χ1n) is 9.90. The molecule has 0 bridgehead atoms. The Morgan fingerprint density at radius 2 is 1.84 bits per heavy atom. The third kappa shape index (κ3) is 3.90. The summed E-state index contributed by atoms with van der Waals surface area (Å²) in [7, 11) is 0. The van der Waals surface area contributed by atoms with E-state index in [0.717, 1.165) is 38.0 Å². The second kappa shape index (κ2) is 8.22. The number of amides is 1. The lowest BCUT2D eigenvalue weighted by atomic mass is 10.1. The summed E-state index contributed by atoms with van der Waals surface area (Å²) in [5.41, 5.74) is 3.78. The molecule has 3 heterocycles. The SMILES string of the molecule is Cc1ccc(-c2ccc(C(=O)NCc3ccc(-c4nn5c(C)nnc5s4)cc3)o2)cc1Cl. The molecule has 3 aromatic heterocycles. The van der Waals surface area contributed by atoms with E-state index in [1.807, 2.05) is 56.3 Å². The standard InChI is InChI=1S/C23H18ClN5O2S/c1-13-3-6-17(11-18(13)24)19-9-10-20(31-19)21(30)25-12-15-4-7-16(8-5-15)22-28-29-14(2)26-27-23(29)32-22/h3-11H,12H2,1-2H3,(H,25,30). The molecule has 7 nitrogen and oxygen atoms in total. The maximum atomic E-state index is 12.5. The zero-order chi connectivity index (χ0) is 22.2. The maximum absolute atomic E-state index is 12.5. The van der Waals surface area contributed by atoms with Crippen molar-refractivity contribution in [3.05, 3.63) is 82.3 Å². The zero-order valence-electron chi connectivity index (χ0n) is 17.3. The lowest BCUT2D eigenvalue weighted by Crippen LogP contribution is -2.22. The summed E-state index contributed by atoms with van der Waals surface area (Å²) < 4.78 is 7.46. The highest BCUT2D eigenvalue weighted by atomic mass is 35.5. The summed E-state index contributed by atoms with van der Waals surface area (Å²) in [6, 6.07) is 17.0. The van der Waals surface area contributed by atoms with Crippen molar-refractivity contribution in [2.45, 2.75) is 20.4 Å². The molecule has 0 aliphatic heterocycles. The molecule has 1 N–H and O–H groups in total. The Balaban J connectivity index is 1.24. The number of halogens is 1. The minimum absolute atomic E-state index is 0.253. The van der Waals surface area contributed by atoms with Gasteiger partial charge in [-0.15, -0.1) is 10.2 Å². The Bertz CT molecular complexity index is 1430. The Kier molecular flexibility index (Phi) is 5.24. The molecular weight excluding hydrogens is 446 g/mol. The summed E-state index contributed by atoms with van der Waals surface area (Å²) in [5.74, 6) is 1.33. The van der Waals surface area contributed by atoms with E-state index in [1.165, 1.54) is 11.3 Å². The van der Waals surface area contributed by atoms with Crippen LogP contribution < -0.4 is 5.32 Å². The average Bonchev–Trinajstić information content (AvgIpc) is 3.52. The number of nitrogens with one attached hydrogen (secondary N) is 1. The van der Waals surface area contributed by atoms with E-state index < -0.39 is 0 Å². The highest BCUT2D eigenvalue weighted by molar-refractivity contribution is 7.19. The summed E-state index contributed by atoms with van der Waals surface area (Å²) in [5, 5.41) is 17.1. The van der Waals surface area contributed by atoms with Crippen molar-refractivity contribution in [3.63, 3.8) is 0 Å². The first-order valence-corrected chi connectivity index (χ1v) is 11.1. The second-order valence-electron chi connectivity index (χ2n) is 7.36. The van der Waals surface area contributed by atoms with Crippen molar-refractivity contribution in [3.8, 4) is 21.9 Å². The van der Waals surface area contributed by atoms with Gasteiger partial charge in [-0.2, -0.15) is 9.61 Å². The predicted molar refractivity (Wildman–Crippen MR) is 124 cm³/mol. The number of aromatic nitrogens is 4. The van der Waals surface area contributed by atoms with E-state index in [4.69, 9.17) is 16.0 Å². The summed E-state index contributed by atoms with van der Waals surface area (Å²) in [4.78, 5) is 13.3. The fraction of sp³-hybridized carbons (Fsp3) is 0.130. The van der Waals surface area contributed by atoms with Gasteiger partial charge in [-0.25, -0.2) is 0 Å². The molecule has 1 amide bonds. The molecule has 9 heteroatoms. The Morgan fingerprint density at radius 3 is 2.59 bits per heavy atom. The molecule has 5 aromatic rings. The first-order chi connectivity index (χ1) is 15.5. The molecule has 32 heavy (non-hydrogen) atoms. The molecule has 0 atom stereocenters. The van der Waals surface area contributed by atoms with Gasteiger partial charge in [0.2, 0.25) is 4.96 Å². The van der Waals surface area contributed by atoms with Crippen LogP contribution in [0.2, 0.25) is 5.02 Å². The summed E-state index contributed by atoms with van der Waals surface area (Å²) >= 11 is 7.67. The highest BCUT2D eigenvalue weighted by Crippen LogP contribution is 2.27. The number of carbonyl (C=O) groups is 1. The van der Waals surface area contributed by atoms with Gasteiger partial charge < -0.3 is 9.73 Å². The van der Waals surface area contributed by atoms with Crippen LogP contribution in [-0.4, -0.2) is 25.7 Å². The van der Waals surface area contributed by atoms with E-state index >= 15 is 0 Å². The van der Waals surface area contributed by atoms with Gasteiger partial charge >= 0.3 is 0 Å². The number of hydrogen-bond acceptors (Lipinski definition) is 6. The normalized spacial score (nSPS) is 11.2. The average molecular weight is 464 g/mol. The molecule has 0 radical (unpaired) electrons. The van der Waals surface area contributed by atoms with E-state index in [2.05, 4.69) is 20.6 Å². The Hall–Kier alpha value is -3.49. The quantitative estimate of drug-likeness (QED) is 0.381. The Morgan fingerprint density at radius 1 is 1.06 bits per heavy atom. The van der Waals surface area contributed by atoms with Crippen LogP contribution >= 0.6 is 22.9 Å². The third-order valence-corrected chi connectivity index (χ3v) is 6.44. The first kappa shape index (κ1) is 20.4. The van der Waals surface area contributed by atoms with Crippen LogP contribution in [-0.2, 0) is 6.54 Å². The van der Waals surface area contributed by atoms with Crippen molar-refractivity contribution in [2.24, 2.45) is 0 Å². The lowest BCUT2D eigenvalue weighted by Gasteiger charge is -2.05. The maximum Gasteiger partial charge on any atom is 0.287 e. The second-order valence-corrected chi connectivity index (χ2v) is 8.72. The van der Waals surface area contributed by atoms with Crippen LogP contribution in [0.4, 0.5) is 0 Å². The molecule has 0 saturated carbocycles. The summed E-state index contributed by atoms with van der Waals surface area (Å²) in [6.45, 7) is 4.19. The van der Waals surface area contributed by atoms with Gasteiger partial charge in [0.05, 0.1) is 0 Å². The number of furan rings is 1. The van der Waals surface area contributed by atoms with Gasteiger partial charge in [-0.1, -0.05) is 59.3 Å². The van der Waals surface area contributed by atoms with Gasteiger partial charge in [-0.3, -0.25) is 4.79 Å². The highest BCUT2D eigenvalue weighted by Gasteiger charge is 2.14. The van der Waals surface area contributed by atoms with Crippen LogP contribution in [0.1, 0.15) is 27.5 Å². The van der Waals surface area contributed by atoms with Crippen molar-refractivity contribution in [2.75, 3.05) is 0 Å². The van der Waals surface area contributed by atoms with Gasteiger partial charge in [-0.05, 0) is 43.2 Å². The van der Waals surface area contributed by atoms with Crippen LogP contribution in [0.15, 0.2) is 59.0 Å². The predicted octanol–water partition coefficient (Wildman–Crippen LogP) is 5.31. The molecule has 0 saturated heterocycles. The lowest BCUT2D eigenvalue weighted by molar-refractivity contribution is 0.0924. The van der Waals surface area contributed by atoms with Crippen molar-refractivity contribution < 1.29 is 9.21 Å². The van der Waals surface area contributed by atoms with Crippen molar-refractivity contribution >= 4 is 33.8 Å². The van der Waals surface area contributed by atoms with E-state index in [-0.39, 0.29) is 11.7 Å². The number of aryl methyl sites for hydroxylation is 2. The minimum Gasteiger partial charge on any atom is -0.451 e. The molecule has 0 spiro atoms. The number of hydrogen-bond donors (Lipinski definition) is 1. The topological polar surface area (TPSA) is 85.3 Å². The summed E-state index contributed by atoms with van der Waals surface area (Å²) in [6.07, 6.45) is 0. The monoisotopic (exact) mass is 463 g/mol. The van der Waals surface area contributed by atoms with Crippen molar-refractivity contribution in [1.29, 1.82) is 0 Å². The number of rotatable bonds is 5. The fourth-order valence-corrected chi connectivity index (χ4v) is 4.30. The fourth-order valence-electron chi connectivity index (χ4n) is 3.23. The van der Waals surface area contributed by atoms with Gasteiger partial charge in [0.1, 0.15) is 10.8 Å². The van der Waals surface area contributed by atoms with Gasteiger partial charge in [0, 0.05) is 22.7 Å². The number of nitrogens with zero attached hydrogens (tertiary/aromatic N) is 4. The van der Waals surface area contributed by atoms with Crippen LogP contribution in [0.25, 0.3) is 26.9 Å². The molecule has 0 aliphatic carbocycles. The van der Waals surface area contributed by atoms with Crippen LogP contribution in [0.3, 0.4) is 0 Å². The molecule has 0 aliphatic rings. The van der Waals surface area contributed by atoms with E-state index in [0.29, 0.717) is 17.3 Å². The minimum atomic E-state index is -0.275. The van der Waals surface area contributed by atoms with Crippen LogP contribution in [0, 0.1) is 13.8 Å². The molecule has 0 unspecified atom stereocenters. The van der Waals surface area contributed by atoms with E-state index in [1.54, 1.807) is 16.6 Å². The van der Waals surface area contributed by atoms with Gasteiger partial charge in [0.15, 0.2) is 11.6 Å². The smallest absolute Gasteiger partial charge is 0.287 e. The van der Waals surface area contributed by atoms with Gasteiger partial charge in [0.25, 0.3) is 5.91 Å². The Labute approximate surface area is 192 Å².